The maximum Gasteiger partial charge on any atom is 0.227 e. The van der Waals surface area contributed by atoms with Gasteiger partial charge >= 0.3 is 0 Å². The molecule has 2 aliphatic heterocycles. The molecule has 3 rings (SSSR count). The van der Waals surface area contributed by atoms with E-state index in [-0.39, 0.29) is 29.9 Å². The highest BCUT2D eigenvalue weighted by Gasteiger charge is 2.42. The third kappa shape index (κ3) is 6.03. The van der Waals surface area contributed by atoms with Gasteiger partial charge in [-0.15, -0.1) is 24.0 Å². The number of carbonyl (C=O) groups is 1. The average molecular weight is 487 g/mol. The van der Waals surface area contributed by atoms with Crippen LogP contribution in [0.15, 0.2) is 23.2 Å². The number of amides is 1. The van der Waals surface area contributed by atoms with E-state index in [9.17, 15) is 4.79 Å². The van der Waals surface area contributed by atoms with Crippen LogP contribution in [-0.4, -0.2) is 61.1 Å². The van der Waals surface area contributed by atoms with Crippen molar-refractivity contribution >= 4 is 41.7 Å². The van der Waals surface area contributed by atoms with Gasteiger partial charge in [0.1, 0.15) is 5.82 Å². The van der Waals surface area contributed by atoms with Crippen LogP contribution in [0.25, 0.3) is 0 Å². The van der Waals surface area contributed by atoms with Crippen molar-refractivity contribution < 1.29 is 9.53 Å². The Balaban J connectivity index is 0.00000261. The zero-order chi connectivity index (χ0) is 18.4. The third-order valence-electron chi connectivity index (χ3n) is 5.01. The average Bonchev–Trinajstić information content (AvgIpc) is 3.24. The number of ether oxygens (including phenoxy) is 1. The molecule has 1 aromatic rings. The van der Waals surface area contributed by atoms with E-state index in [0.717, 1.165) is 57.3 Å². The van der Waals surface area contributed by atoms with E-state index in [1.54, 1.807) is 6.07 Å². The lowest BCUT2D eigenvalue weighted by molar-refractivity contribution is -0.116. The Morgan fingerprint density at radius 2 is 2.26 bits per heavy atom. The van der Waals surface area contributed by atoms with Gasteiger partial charge in [0.25, 0.3) is 0 Å². The van der Waals surface area contributed by atoms with Gasteiger partial charge < -0.3 is 20.3 Å². The molecule has 150 valence electrons. The molecule has 1 aromatic heterocycles. The van der Waals surface area contributed by atoms with Crippen LogP contribution < -0.4 is 10.6 Å². The predicted octanol–water partition coefficient (Wildman–Crippen LogP) is 2.41. The second-order valence-electron chi connectivity index (χ2n) is 7.17. The van der Waals surface area contributed by atoms with E-state index >= 15 is 0 Å². The van der Waals surface area contributed by atoms with Gasteiger partial charge in [0.15, 0.2) is 5.96 Å². The highest BCUT2D eigenvalue weighted by atomic mass is 127. The number of carbonyl (C=O) groups excluding carboxylic acids is 1. The molecule has 0 bridgehead atoms. The molecule has 0 aromatic carbocycles. The Kier molecular flexibility index (Phi) is 8.28. The summed E-state index contributed by atoms with van der Waals surface area (Å²) < 4.78 is 5.60. The topological polar surface area (TPSA) is 78.8 Å². The van der Waals surface area contributed by atoms with Crippen molar-refractivity contribution in [2.75, 3.05) is 44.7 Å². The first-order valence-electron chi connectivity index (χ1n) is 9.45. The van der Waals surface area contributed by atoms with E-state index in [1.807, 2.05) is 19.1 Å². The van der Waals surface area contributed by atoms with Gasteiger partial charge in [0, 0.05) is 43.8 Å². The van der Waals surface area contributed by atoms with Crippen molar-refractivity contribution in [2.45, 2.75) is 33.1 Å². The summed E-state index contributed by atoms with van der Waals surface area (Å²) in [4.78, 5) is 23.4. The van der Waals surface area contributed by atoms with Crippen molar-refractivity contribution in [2.24, 2.45) is 10.4 Å². The van der Waals surface area contributed by atoms with E-state index in [1.165, 1.54) is 0 Å². The Hall–Kier alpha value is -1.42. The van der Waals surface area contributed by atoms with Crippen LogP contribution >= 0.6 is 24.0 Å². The first kappa shape index (κ1) is 21.9. The van der Waals surface area contributed by atoms with Gasteiger partial charge in [-0.25, -0.2) is 4.98 Å². The van der Waals surface area contributed by atoms with E-state index < -0.39 is 0 Å². The Bertz CT molecular complexity index is 661. The van der Waals surface area contributed by atoms with Crippen molar-refractivity contribution in [1.29, 1.82) is 0 Å². The molecule has 2 fully saturated rings. The van der Waals surface area contributed by atoms with Gasteiger partial charge in [0.05, 0.1) is 13.2 Å². The van der Waals surface area contributed by atoms with Crippen molar-refractivity contribution in [3.8, 4) is 0 Å². The molecule has 1 atom stereocenters. The number of rotatable bonds is 5. The SMILES string of the molecule is CCNC(=NCCC(=O)Nc1cccc(C)n1)N1CCC2(CCOC2)C1.I. The molecule has 1 unspecified atom stereocenters. The van der Waals surface area contributed by atoms with Crippen LogP contribution in [0, 0.1) is 12.3 Å². The monoisotopic (exact) mass is 487 g/mol. The minimum atomic E-state index is -0.0650. The van der Waals surface area contributed by atoms with Crippen LogP contribution in [0.2, 0.25) is 0 Å². The molecule has 0 saturated carbocycles. The van der Waals surface area contributed by atoms with Crippen LogP contribution in [0.5, 0.6) is 0 Å². The highest BCUT2D eigenvalue weighted by Crippen LogP contribution is 2.38. The molecule has 0 aliphatic carbocycles. The summed E-state index contributed by atoms with van der Waals surface area (Å²) in [5, 5.41) is 6.18. The number of halogens is 1. The molecular formula is C19H30IN5O2. The van der Waals surface area contributed by atoms with Crippen LogP contribution in [-0.2, 0) is 9.53 Å². The number of guanidine groups is 1. The molecule has 7 nitrogen and oxygen atoms in total. The van der Waals surface area contributed by atoms with Gasteiger partial charge in [-0.05, 0) is 38.8 Å². The van der Waals surface area contributed by atoms with Gasteiger partial charge in [-0.1, -0.05) is 6.07 Å². The second kappa shape index (κ2) is 10.2. The summed E-state index contributed by atoms with van der Waals surface area (Å²) in [7, 11) is 0. The van der Waals surface area contributed by atoms with Crippen molar-refractivity contribution in [3.05, 3.63) is 23.9 Å². The number of pyridine rings is 1. The smallest absolute Gasteiger partial charge is 0.227 e. The normalized spacial score (nSPS) is 22.0. The number of aromatic nitrogens is 1. The zero-order valence-corrected chi connectivity index (χ0v) is 18.5. The van der Waals surface area contributed by atoms with Crippen LogP contribution in [0.1, 0.15) is 31.9 Å². The summed E-state index contributed by atoms with van der Waals surface area (Å²) in [6, 6.07) is 5.59. The molecule has 27 heavy (non-hydrogen) atoms. The summed E-state index contributed by atoms with van der Waals surface area (Å²) >= 11 is 0. The number of hydrogen-bond donors (Lipinski definition) is 2. The zero-order valence-electron chi connectivity index (χ0n) is 16.2. The lowest BCUT2D eigenvalue weighted by atomic mass is 9.87. The van der Waals surface area contributed by atoms with Crippen molar-refractivity contribution in [3.63, 3.8) is 0 Å². The van der Waals surface area contributed by atoms with Crippen LogP contribution in [0.4, 0.5) is 5.82 Å². The minimum Gasteiger partial charge on any atom is -0.381 e. The lowest BCUT2D eigenvalue weighted by Crippen LogP contribution is -2.41. The third-order valence-corrected chi connectivity index (χ3v) is 5.01. The number of nitrogens with one attached hydrogen (secondary N) is 2. The summed E-state index contributed by atoms with van der Waals surface area (Å²) in [6.45, 7) is 8.95. The molecule has 1 spiro atoms. The summed E-state index contributed by atoms with van der Waals surface area (Å²) in [6.07, 6.45) is 2.62. The fraction of sp³-hybridized carbons (Fsp3) is 0.632. The van der Waals surface area contributed by atoms with Gasteiger partial charge in [-0.3, -0.25) is 9.79 Å². The number of likely N-dealkylation sites (tertiary alicyclic amines) is 1. The molecule has 3 heterocycles. The van der Waals surface area contributed by atoms with E-state index in [4.69, 9.17) is 4.74 Å². The molecule has 2 saturated heterocycles. The fourth-order valence-electron chi connectivity index (χ4n) is 3.59. The maximum absolute atomic E-state index is 12.1. The molecule has 8 heteroatoms. The van der Waals surface area contributed by atoms with Crippen molar-refractivity contribution in [1.82, 2.24) is 15.2 Å². The quantitative estimate of drug-likeness (QED) is 0.379. The molecule has 0 radical (unpaired) electrons. The van der Waals surface area contributed by atoms with Crippen LogP contribution in [0.3, 0.4) is 0 Å². The molecule has 2 N–H and O–H groups in total. The first-order chi connectivity index (χ1) is 12.6. The van der Waals surface area contributed by atoms with E-state index in [2.05, 4.69) is 32.4 Å². The Labute approximate surface area is 178 Å². The second-order valence-corrected chi connectivity index (χ2v) is 7.17. The number of hydrogen-bond acceptors (Lipinski definition) is 4. The number of aliphatic imine (C=N–C) groups is 1. The summed E-state index contributed by atoms with van der Waals surface area (Å²) in [5.41, 5.74) is 1.18. The Morgan fingerprint density at radius 3 is 2.96 bits per heavy atom. The first-order valence-corrected chi connectivity index (χ1v) is 9.45. The van der Waals surface area contributed by atoms with E-state index in [0.29, 0.717) is 24.2 Å². The molecule has 2 aliphatic rings. The Morgan fingerprint density at radius 1 is 1.41 bits per heavy atom. The molecule has 1 amide bonds. The molecular weight excluding hydrogens is 457 g/mol. The van der Waals surface area contributed by atoms with Gasteiger partial charge in [0.2, 0.25) is 5.91 Å². The maximum atomic E-state index is 12.1. The minimum absolute atomic E-state index is 0. The fourth-order valence-corrected chi connectivity index (χ4v) is 3.59. The number of nitrogens with zero attached hydrogens (tertiary/aromatic N) is 3. The van der Waals surface area contributed by atoms with Gasteiger partial charge in [-0.2, -0.15) is 0 Å². The number of aryl methyl sites for hydroxylation is 1. The largest absolute Gasteiger partial charge is 0.381 e. The summed E-state index contributed by atoms with van der Waals surface area (Å²) in [5.74, 6) is 1.43. The standard InChI is InChI=1S/C19H29N5O2.HI/c1-3-20-18(24-11-8-19(13-24)9-12-26-14-19)21-10-7-17(25)23-16-6-4-5-15(2)22-16;/h4-6H,3,7-14H2,1-2H3,(H,20,21)(H,22,23,25);1H. The highest BCUT2D eigenvalue weighted by molar-refractivity contribution is 14.0. The lowest BCUT2D eigenvalue weighted by Gasteiger charge is -2.24. The predicted molar refractivity (Wildman–Crippen MR) is 118 cm³/mol. The number of anilines is 1.